The zero-order valence-electron chi connectivity index (χ0n) is 15.7. The smallest absolute Gasteiger partial charge is 0.283 e. The number of piperazine rings is 1. The second-order valence-electron chi connectivity index (χ2n) is 6.89. The number of hydrogen-bond donors (Lipinski definition) is 3. The Balaban J connectivity index is 1.52. The predicted molar refractivity (Wildman–Crippen MR) is 109 cm³/mol. The summed E-state index contributed by atoms with van der Waals surface area (Å²) in [5.41, 5.74) is 6.80. The van der Waals surface area contributed by atoms with Crippen molar-refractivity contribution in [1.82, 2.24) is 25.5 Å². The number of H-pyrrole nitrogens is 1. The molecule has 4 rings (SSSR count). The number of benzene rings is 1. The number of carbonyl (C=O) groups excluding carboxylic acids is 1. The molecule has 2 aromatic heterocycles. The zero-order valence-corrected chi connectivity index (χ0v) is 15.7. The number of rotatable bonds is 4. The second kappa shape index (κ2) is 7.79. The molecular formula is C20H23N7O. The molecule has 0 bridgehead atoms. The summed E-state index contributed by atoms with van der Waals surface area (Å²) in [6.07, 6.45) is 0. The minimum atomic E-state index is -0.433. The molecule has 0 aliphatic carbocycles. The summed E-state index contributed by atoms with van der Waals surface area (Å²) >= 11 is 0. The molecule has 0 spiro atoms. The summed E-state index contributed by atoms with van der Waals surface area (Å²) in [7, 11) is 2.16. The van der Waals surface area contributed by atoms with Crippen molar-refractivity contribution in [2.24, 2.45) is 5.84 Å². The number of nitrogens with two attached hydrogens (primary N) is 1. The quantitative estimate of drug-likeness (QED) is 0.362. The van der Waals surface area contributed by atoms with Crippen LogP contribution in [-0.4, -0.2) is 59.2 Å². The Morgan fingerprint density at radius 2 is 1.82 bits per heavy atom. The van der Waals surface area contributed by atoms with Gasteiger partial charge in [0.1, 0.15) is 11.4 Å². The average Bonchev–Trinajstić information content (AvgIpc) is 3.24. The maximum atomic E-state index is 11.7. The molecule has 1 amide bonds. The molecule has 144 valence electrons. The Bertz CT molecular complexity index is 959. The SMILES string of the molecule is CN1CCN(c2ccc(-c3cc(-c4cccc(C(=O)NN)n4)n[nH]3)cc2)CC1. The third-order valence-corrected chi connectivity index (χ3v) is 5.00. The molecule has 0 radical (unpaired) electrons. The number of nitrogens with one attached hydrogen (secondary N) is 2. The van der Waals surface area contributed by atoms with Crippen LogP contribution < -0.4 is 16.2 Å². The molecule has 1 aromatic carbocycles. The van der Waals surface area contributed by atoms with E-state index >= 15 is 0 Å². The second-order valence-corrected chi connectivity index (χ2v) is 6.89. The molecule has 4 N–H and O–H groups in total. The lowest BCUT2D eigenvalue weighted by molar-refractivity contribution is 0.0949. The summed E-state index contributed by atoms with van der Waals surface area (Å²) in [4.78, 5) is 20.7. The first kappa shape index (κ1) is 18.1. The van der Waals surface area contributed by atoms with Crippen LogP contribution in [0.4, 0.5) is 5.69 Å². The van der Waals surface area contributed by atoms with Gasteiger partial charge in [-0.25, -0.2) is 10.8 Å². The highest BCUT2D eigenvalue weighted by Crippen LogP contribution is 2.25. The van der Waals surface area contributed by atoms with Gasteiger partial charge < -0.3 is 9.80 Å². The highest BCUT2D eigenvalue weighted by Gasteiger charge is 2.15. The van der Waals surface area contributed by atoms with Crippen LogP contribution in [0.5, 0.6) is 0 Å². The average molecular weight is 377 g/mol. The van der Waals surface area contributed by atoms with Crippen molar-refractivity contribution >= 4 is 11.6 Å². The number of anilines is 1. The monoisotopic (exact) mass is 377 g/mol. The molecule has 8 heteroatoms. The van der Waals surface area contributed by atoms with Crippen molar-refractivity contribution in [2.45, 2.75) is 0 Å². The molecular weight excluding hydrogens is 354 g/mol. The van der Waals surface area contributed by atoms with Gasteiger partial charge in [-0.2, -0.15) is 5.10 Å². The van der Waals surface area contributed by atoms with Crippen molar-refractivity contribution in [3.8, 4) is 22.6 Å². The van der Waals surface area contributed by atoms with E-state index in [0.29, 0.717) is 11.4 Å². The highest BCUT2D eigenvalue weighted by atomic mass is 16.2. The van der Waals surface area contributed by atoms with Gasteiger partial charge in [0.2, 0.25) is 0 Å². The maximum Gasteiger partial charge on any atom is 0.283 e. The lowest BCUT2D eigenvalue weighted by Crippen LogP contribution is -2.44. The van der Waals surface area contributed by atoms with Gasteiger partial charge in [-0.1, -0.05) is 18.2 Å². The molecule has 0 unspecified atom stereocenters. The number of pyridine rings is 1. The van der Waals surface area contributed by atoms with Gasteiger partial charge in [0.25, 0.3) is 5.91 Å². The molecule has 1 aliphatic rings. The van der Waals surface area contributed by atoms with E-state index in [4.69, 9.17) is 5.84 Å². The number of amides is 1. The lowest BCUT2D eigenvalue weighted by Gasteiger charge is -2.34. The summed E-state index contributed by atoms with van der Waals surface area (Å²) in [6.45, 7) is 4.25. The van der Waals surface area contributed by atoms with Gasteiger partial charge >= 0.3 is 0 Å². The van der Waals surface area contributed by atoms with Crippen LogP contribution >= 0.6 is 0 Å². The van der Waals surface area contributed by atoms with E-state index in [2.05, 4.69) is 61.7 Å². The first-order valence-electron chi connectivity index (χ1n) is 9.22. The number of aromatic nitrogens is 3. The Kier molecular flexibility index (Phi) is 5.05. The minimum absolute atomic E-state index is 0.251. The zero-order chi connectivity index (χ0) is 19.5. The van der Waals surface area contributed by atoms with Crippen LogP contribution in [-0.2, 0) is 0 Å². The van der Waals surface area contributed by atoms with Crippen LogP contribution in [0.3, 0.4) is 0 Å². The Morgan fingerprint density at radius 1 is 1.07 bits per heavy atom. The Hall–Kier alpha value is -3.23. The van der Waals surface area contributed by atoms with Gasteiger partial charge in [-0.05, 0) is 42.9 Å². The third kappa shape index (κ3) is 3.73. The lowest BCUT2D eigenvalue weighted by atomic mass is 10.1. The van der Waals surface area contributed by atoms with Gasteiger partial charge in [0.15, 0.2) is 0 Å². The standard InChI is InChI=1S/C20H23N7O/c1-26-9-11-27(12-10-26)15-7-5-14(6-8-15)18-13-19(25-24-18)16-3-2-4-17(22-16)20(28)23-21/h2-8,13H,9-12,21H2,1H3,(H,23,28)(H,24,25). The van der Waals surface area contributed by atoms with Crippen LogP contribution in [0.2, 0.25) is 0 Å². The summed E-state index contributed by atoms with van der Waals surface area (Å²) in [5, 5.41) is 7.40. The number of nitrogen functional groups attached to an aromatic ring is 1. The first-order valence-corrected chi connectivity index (χ1v) is 9.22. The number of likely N-dealkylation sites (N-methyl/N-ethyl adjacent to an activating group) is 1. The van der Waals surface area contributed by atoms with Crippen LogP contribution in [0.15, 0.2) is 48.5 Å². The normalized spacial score (nSPS) is 14.9. The van der Waals surface area contributed by atoms with E-state index in [1.165, 1.54) is 5.69 Å². The predicted octanol–water partition coefficient (Wildman–Crippen LogP) is 1.49. The molecule has 3 heterocycles. The Labute approximate surface area is 163 Å². The van der Waals surface area contributed by atoms with Gasteiger partial charge in [-0.3, -0.25) is 15.3 Å². The van der Waals surface area contributed by atoms with E-state index in [1.807, 2.05) is 12.1 Å². The fourth-order valence-electron chi connectivity index (χ4n) is 3.30. The minimum Gasteiger partial charge on any atom is -0.369 e. The molecule has 1 fully saturated rings. The van der Waals surface area contributed by atoms with Crippen LogP contribution in [0.25, 0.3) is 22.6 Å². The summed E-state index contributed by atoms with van der Waals surface area (Å²) in [5.74, 6) is 4.75. The fraction of sp³-hybridized carbons (Fsp3) is 0.250. The number of hydrazine groups is 1. The highest BCUT2D eigenvalue weighted by molar-refractivity contribution is 5.92. The molecule has 3 aromatic rings. The molecule has 1 saturated heterocycles. The van der Waals surface area contributed by atoms with E-state index < -0.39 is 5.91 Å². The topological polar surface area (TPSA) is 103 Å². The van der Waals surface area contributed by atoms with Gasteiger partial charge in [0.05, 0.1) is 11.4 Å². The number of carbonyl (C=O) groups is 1. The van der Waals surface area contributed by atoms with E-state index in [1.54, 1.807) is 12.1 Å². The maximum absolute atomic E-state index is 11.7. The fourth-order valence-corrected chi connectivity index (χ4v) is 3.30. The molecule has 1 aliphatic heterocycles. The van der Waals surface area contributed by atoms with Crippen molar-refractivity contribution in [1.29, 1.82) is 0 Å². The van der Waals surface area contributed by atoms with E-state index in [9.17, 15) is 4.79 Å². The first-order chi connectivity index (χ1) is 13.6. The van der Waals surface area contributed by atoms with Crippen LogP contribution in [0.1, 0.15) is 10.5 Å². The van der Waals surface area contributed by atoms with Gasteiger partial charge in [0, 0.05) is 31.9 Å². The molecule has 8 nitrogen and oxygen atoms in total. The van der Waals surface area contributed by atoms with Gasteiger partial charge in [-0.15, -0.1) is 0 Å². The van der Waals surface area contributed by atoms with E-state index in [-0.39, 0.29) is 5.69 Å². The summed E-state index contributed by atoms with van der Waals surface area (Å²) in [6, 6.07) is 15.6. The van der Waals surface area contributed by atoms with Crippen molar-refractivity contribution in [2.75, 3.05) is 38.1 Å². The molecule has 0 atom stereocenters. The largest absolute Gasteiger partial charge is 0.369 e. The van der Waals surface area contributed by atoms with Crippen molar-refractivity contribution in [3.63, 3.8) is 0 Å². The van der Waals surface area contributed by atoms with Crippen LogP contribution in [0, 0.1) is 0 Å². The summed E-state index contributed by atoms with van der Waals surface area (Å²) < 4.78 is 0. The number of nitrogens with zero attached hydrogens (tertiary/aromatic N) is 4. The van der Waals surface area contributed by atoms with Crippen molar-refractivity contribution in [3.05, 3.63) is 54.2 Å². The molecule has 28 heavy (non-hydrogen) atoms. The van der Waals surface area contributed by atoms with E-state index in [0.717, 1.165) is 37.4 Å². The third-order valence-electron chi connectivity index (χ3n) is 5.00. The number of aromatic amines is 1. The number of hydrogen-bond acceptors (Lipinski definition) is 6. The Morgan fingerprint density at radius 3 is 2.54 bits per heavy atom. The molecule has 0 saturated carbocycles. The van der Waals surface area contributed by atoms with Crippen molar-refractivity contribution < 1.29 is 4.79 Å².